The van der Waals surface area contributed by atoms with Crippen LogP contribution in [0.3, 0.4) is 0 Å². The van der Waals surface area contributed by atoms with Crippen molar-refractivity contribution in [1.29, 1.82) is 0 Å². The van der Waals surface area contributed by atoms with Gasteiger partial charge in [-0.2, -0.15) is 0 Å². The van der Waals surface area contributed by atoms with Gasteiger partial charge in [0, 0.05) is 11.6 Å². The van der Waals surface area contributed by atoms with E-state index in [9.17, 15) is 9.18 Å². The lowest BCUT2D eigenvalue weighted by atomic mass is 9.95. The van der Waals surface area contributed by atoms with Crippen molar-refractivity contribution in [1.82, 2.24) is 0 Å². The van der Waals surface area contributed by atoms with Crippen molar-refractivity contribution in [2.75, 3.05) is 12.4 Å². The summed E-state index contributed by atoms with van der Waals surface area (Å²) < 4.78 is 18.2. The number of aldehydes is 1. The van der Waals surface area contributed by atoms with Gasteiger partial charge < -0.3 is 14.8 Å². The van der Waals surface area contributed by atoms with Gasteiger partial charge in [-0.15, -0.1) is 0 Å². The lowest BCUT2D eigenvalue weighted by Gasteiger charge is -2.23. The fourth-order valence-corrected chi connectivity index (χ4v) is 2.13. The molecule has 0 aliphatic heterocycles. The first kappa shape index (κ1) is 15.0. The van der Waals surface area contributed by atoms with Crippen LogP contribution in [-0.4, -0.2) is 13.4 Å². The van der Waals surface area contributed by atoms with Gasteiger partial charge >= 0.3 is 0 Å². The van der Waals surface area contributed by atoms with E-state index in [0.29, 0.717) is 0 Å². The first-order valence-corrected chi connectivity index (χ1v) is 6.75. The minimum absolute atomic E-state index is 0.212. The van der Waals surface area contributed by atoms with E-state index in [2.05, 4.69) is 5.32 Å². The number of hydrogen-bond donors (Lipinski definition) is 1. The fourth-order valence-electron chi connectivity index (χ4n) is 2.13. The minimum atomic E-state index is -0.291. The number of carbonyl (C=O) groups is 1. The smallest absolute Gasteiger partial charge is 0.125 e. The summed E-state index contributed by atoms with van der Waals surface area (Å²) in [6, 6.07) is 13.4. The van der Waals surface area contributed by atoms with Gasteiger partial charge in [0.05, 0.1) is 13.2 Å². The molecule has 0 fully saturated rings. The zero-order chi connectivity index (χ0) is 15.2. The average Bonchev–Trinajstić information content (AvgIpc) is 2.53. The van der Waals surface area contributed by atoms with E-state index < -0.39 is 0 Å². The molecule has 0 bridgehead atoms. The van der Waals surface area contributed by atoms with Crippen molar-refractivity contribution in [2.45, 2.75) is 13.0 Å². The number of anilines is 1. The zero-order valence-corrected chi connectivity index (χ0v) is 12.0. The Morgan fingerprint density at radius 2 is 1.71 bits per heavy atom. The molecule has 0 aliphatic rings. The quantitative estimate of drug-likeness (QED) is 0.821. The van der Waals surface area contributed by atoms with Crippen LogP contribution < -0.4 is 10.1 Å². The second-order valence-electron chi connectivity index (χ2n) is 4.90. The van der Waals surface area contributed by atoms with Crippen LogP contribution in [0.1, 0.15) is 18.5 Å². The number of hydrogen-bond acceptors (Lipinski definition) is 3. The van der Waals surface area contributed by atoms with Crippen LogP contribution in [0.4, 0.5) is 10.1 Å². The molecule has 2 rings (SSSR count). The largest absolute Gasteiger partial charge is 0.497 e. The van der Waals surface area contributed by atoms with Crippen molar-refractivity contribution >= 4 is 12.0 Å². The molecule has 0 aliphatic carbocycles. The number of halogens is 1. The Kier molecular flexibility index (Phi) is 4.93. The lowest BCUT2D eigenvalue weighted by Crippen LogP contribution is -2.19. The molecule has 0 spiro atoms. The van der Waals surface area contributed by atoms with E-state index in [-0.39, 0.29) is 17.8 Å². The van der Waals surface area contributed by atoms with Crippen molar-refractivity contribution in [3.63, 3.8) is 0 Å². The molecule has 0 saturated carbocycles. The molecule has 2 atom stereocenters. The van der Waals surface area contributed by atoms with Gasteiger partial charge in [0.25, 0.3) is 0 Å². The molecule has 0 heterocycles. The summed E-state index contributed by atoms with van der Waals surface area (Å²) >= 11 is 0. The SMILES string of the molecule is COc1ccc(N[C@H](c2ccc(F)cc2)[C@H](C)C=O)cc1. The van der Waals surface area contributed by atoms with Crippen LogP contribution in [0, 0.1) is 11.7 Å². The van der Waals surface area contributed by atoms with Crippen molar-refractivity contribution in [3.8, 4) is 5.75 Å². The Bertz CT molecular complexity index is 581. The summed E-state index contributed by atoms with van der Waals surface area (Å²) in [7, 11) is 1.61. The Hall–Kier alpha value is -2.36. The van der Waals surface area contributed by atoms with Gasteiger partial charge in [-0.1, -0.05) is 19.1 Å². The number of ether oxygens (including phenoxy) is 1. The molecular formula is C17H18FNO2. The van der Waals surface area contributed by atoms with E-state index in [1.54, 1.807) is 19.2 Å². The van der Waals surface area contributed by atoms with Gasteiger partial charge in [0.1, 0.15) is 17.9 Å². The Labute approximate surface area is 123 Å². The van der Waals surface area contributed by atoms with Crippen LogP contribution in [0.25, 0.3) is 0 Å². The van der Waals surface area contributed by atoms with E-state index in [1.807, 2.05) is 31.2 Å². The summed E-state index contributed by atoms with van der Waals surface area (Å²) in [5, 5.41) is 3.31. The number of nitrogens with one attached hydrogen (secondary N) is 1. The average molecular weight is 287 g/mol. The monoisotopic (exact) mass is 287 g/mol. The van der Waals surface area contributed by atoms with Crippen LogP contribution >= 0.6 is 0 Å². The predicted molar refractivity (Wildman–Crippen MR) is 81.0 cm³/mol. The van der Waals surface area contributed by atoms with Crippen LogP contribution in [0.2, 0.25) is 0 Å². The predicted octanol–water partition coefficient (Wildman–Crippen LogP) is 3.82. The Balaban J connectivity index is 2.23. The maximum absolute atomic E-state index is 13.0. The summed E-state index contributed by atoms with van der Waals surface area (Å²) in [5.74, 6) is 0.237. The number of rotatable bonds is 6. The molecule has 0 unspecified atom stereocenters. The van der Waals surface area contributed by atoms with E-state index in [1.165, 1.54) is 12.1 Å². The maximum atomic E-state index is 13.0. The third-order valence-electron chi connectivity index (χ3n) is 3.38. The third-order valence-corrected chi connectivity index (χ3v) is 3.38. The highest BCUT2D eigenvalue weighted by Gasteiger charge is 2.18. The van der Waals surface area contributed by atoms with Crippen LogP contribution in [0.15, 0.2) is 48.5 Å². The maximum Gasteiger partial charge on any atom is 0.125 e. The van der Waals surface area contributed by atoms with Crippen molar-refractivity contribution in [3.05, 3.63) is 59.9 Å². The van der Waals surface area contributed by atoms with Crippen LogP contribution in [0.5, 0.6) is 5.75 Å². The molecule has 4 heteroatoms. The van der Waals surface area contributed by atoms with Crippen molar-refractivity contribution in [2.24, 2.45) is 5.92 Å². The van der Waals surface area contributed by atoms with E-state index in [0.717, 1.165) is 23.3 Å². The molecule has 2 aromatic carbocycles. The second-order valence-corrected chi connectivity index (χ2v) is 4.90. The number of benzene rings is 2. The molecule has 110 valence electrons. The van der Waals surface area contributed by atoms with E-state index >= 15 is 0 Å². The molecule has 0 saturated heterocycles. The topological polar surface area (TPSA) is 38.3 Å². The third kappa shape index (κ3) is 3.81. The fraction of sp³-hybridized carbons (Fsp3) is 0.235. The van der Waals surface area contributed by atoms with Gasteiger partial charge in [-0.3, -0.25) is 0 Å². The van der Waals surface area contributed by atoms with Gasteiger partial charge in [-0.25, -0.2) is 4.39 Å². The van der Waals surface area contributed by atoms with Gasteiger partial charge in [0.15, 0.2) is 0 Å². The van der Waals surface area contributed by atoms with Crippen molar-refractivity contribution < 1.29 is 13.9 Å². The van der Waals surface area contributed by atoms with Gasteiger partial charge in [-0.05, 0) is 42.0 Å². The Morgan fingerprint density at radius 1 is 1.10 bits per heavy atom. The summed E-state index contributed by atoms with van der Waals surface area (Å²) in [6.07, 6.45) is 0.893. The van der Waals surface area contributed by atoms with E-state index in [4.69, 9.17) is 4.74 Å². The van der Waals surface area contributed by atoms with Crippen LogP contribution in [-0.2, 0) is 4.79 Å². The molecular weight excluding hydrogens is 269 g/mol. The molecule has 1 N–H and O–H groups in total. The highest BCUT2D eigenvalue weighted by Crippen LogP contribution is 2.27. The highest BCUT2D eigenvalue weighted by atomic mass is 19.1. The molecule has 0 radical (unpaired) electrons. The summed E-state index contributed by atoms with van der Waals surface area (Å²) in [5.41, 5.74) is 1.74. The summed E-state index contributed by atoms with van der Waals surface area (Å²) in [4.78, 5) is 11.1. The van der Waals surface area contributed by atoms with Gasteiger partial charge in [0.2, 0.25) is 0 Å². The standard InChI is InChI=1S/C17H18FNO2/c1-12(11-20)17(13-3-5-14(18)6-4-13)19-15-7-9-16(21-2)10-8-15/h3-12,17,19H,1-2H3/t12-,17+/m1/s1. The molecule has 0 aromatic heterocycles. The first-order valence-electron chi connectivity index (χ1n) is 6.75. The number of carbonyl (C=O) groups excluding carboxylic acids is 1. The Morgan fingerprint density at radius 3 is 2.24 bits per heavy atom. The number of methoxy groups -OCH3 is 1. The molecule has 2 aromatic rings. The second kappa shape index (κ2) is 6.88. The molecule has 3 nitrogen and oxygen atoms in total. The lowest BCUT2D eigenvalue weighted by molar-refractivity contribution is -0.111. The minimum Gasteiger partial charge on any atom is -0.497 e. The molecule has 0 amide bonds. The molecule has 21 heavy (non-hydrogen) atoms. The normalized spacial score (nSPS) is 13.3. The first-order chi connectivity index (χ1) is 10.1. The zero-order valence-electron chi connectivity index (χ0n) is 12.0. The highest BCUT2D eigenvalue weighted by molar-refractivity contribution is 5.58. The summed E-state index contributed by atoms with van der Waals surface area (Å²) in [6.45, 7) is 1.83.